The van der Waals surface area contributed by atoms with Gasteiger partial charge in [-0.25, -0.2) is 0 Å². The minimum Gasteiger partial charge on any atom is -0.381 e. The molecule has 0 saturated carbocycles. The van der Waals surface area contributed by atoms with Crippen LogP contribution in [0, 0.1) is 0 Å². The first-order valence-corrected chi connectivity index (χ1v) is 6.31. The van der Waals surface area contributed by atoms with Gasteiger partial charge in [0, 0.05) is 18.4 Å². The molecule has 0 aliphatic heterocycles. The number of nitrogens with one attached hydrogen (secondary N) is 1. The van der Waals surface area contributed by atoms with Crippen LogP contribution in [0.3, 0.4) is 0 Å². The molecular formula is C10H23NOS. The largest absolute Gasteiger partial charge is 0.381 e. The van der Waals surface area contributed by atoms with Crippen molar-refractivity contribution in [1.82, 2.24) is 5.32 Å². The fourth-order valence-corrected chi connectivity index (χ4v) is 1.45. The molecule has 0 aliphatic rings. The maximum atomic E-state index is 5.46. The third-order valence-electron chi connectivity index (χ3n) is 1.59. The van der Waals surface area contributed by atoms with Crippen molar-refractivity contribution in [3.05, 3.63) is 0 Å². The molecule has 0 fully saturated rings. The number of hydrogen-bond donors (Lipinski definition) is 1. The van der Waals surface area contributed by atoms with Gasteiger partial charge in [0.2, 0.25) is 0 Å². The average Bonchev–Trinajstić information content (AvgIpc) is 2.09. The van der Waals surface area contributed by atoms with Crippen LogP contribution < -0.4 is 5.32 Å². The summed E-state index contributed by atoms with van der Waals surface area (Å²) in [5, 5.41) is 3.36. The Balaban J connectivity index is 2.84. The highest BCUT2D eigenvalue weighted by Gasteiger charge is 1.92. The summed E-state index contributed by atoms with van der Waals surface area (Å²) < 4.78 is 5.46. The SMILES string of the molecule is CCSCCOCCCNC(C)C. The molecular weight excluding hydrogens is 182 g/mol. The van der Waals surface area contributed by atoms with E-state index in [1.165, 1.54) is 5.75 Å². The zero-order valence-corrected chi connectivity index (χ0v) is 9.95. The van der Waals surface area contributed by atoms with Gasteiger partial charge in [-0.1, -0.05) is 20.8 Å². The second-order valence-corrected chi connectivity index (χ2v) is 4.67. The van der Waals surface area contributed by atoms with Gasteiger partial charge >= 0.3 is 0 Å². The highest BCUT2D eigenvalue weighted by Crippen LogP contribution is 1.97. The van der Waals surface area contributed by atoms with Gasteiger partial charge < -0.3 is 10.1 Å². The zero-order chi connectivity index (χ0) is 9.94. The molecule has 0 unspecified atom stereocenters. The summed E-state index contributed by atoms with van der Waals surface area (Å²) in [5.41, 5.74) is 0. The molecule has 1 N–H and O–H groups in total. The quantitative estimate of drug-likeness (QED) is 0.583. The summed E-state index contributed by atoms with van der Waals surface area (Å²) in [7, 11) is 0. The van der Waals surface area contributed by atoms with Crippen LogP contribution in [0.25, 0.3) is 0 Å². The molecule has 0 aromatic heterocycles. The second kappa shape index (κ2) is 10.4. The van der Waals surface area contributed by atoms with Gasteiger partial charge in [0.05, 0.1) is 6.61 Å². The van der Waals surface area contributed by atoms with E-state index in [-0.39, 0.29) is 0 Å². The van der Waals surface area contributed by atoms with Crippen LogP contribution in [0.1, 0.15) is 27.2 Å². The summed E-state index contributed by atoms with van der Waals surface area (Å²) in [6.07, 6.45) is 1.12. The highest BCUT2D eigenvalue weighted by molar-refractivity contribution is 7.99. The molecule has 0 radical (unpaired) electrons. The summed E-state index contributed by atoms with van der Waals surface area (Å²) in [4.78, 5) is 0. The van der Waals surface area contributed by atoms with E-state index in [0.29, 0.717) is 6.04 Å². The summed E-state index contributed by atoms with van der Waals surface area (Å²) >= 11 is 1.94. The van der Waals surface area contributed by atoms with Crippen LogP contribution in [0.5, 0.6) is 0 Å². The van der Waals surface area contributed by atoms with Crippen LogP contribution in [0.4, 0.5) is 0 Å². The Kier molecular flexibility index (Phi) is 10.6. The van der Waals surface area contributed by atoms with Gasteiger partial charge in [0.1, 0.15) is 0 Å². The lowest BCUT2D eigenvalue weighted by molar-refractivity contribution is 0.147. The van der Waals surface area contributed by atoms with Gasteiger partial charge in [-0.15, -0.1) is 0 Å². The topological polar surface area (TPSA) is 21.3 Å². The van der Waals surface area contributed by atoms with E-state index in [9.17, 15) is 0 Å². The molecule has 80 valence electrons. The molecule has 0 bridgehead atoms. The zero-order valence-electron chi connectivity index (χ0n) is 9.14. The predicted molar refractivity (Wildman–Crippen MR) is 61.6 cm³/mol. The number of thioether (sulfide) groups is 1. The summed E-state index contributed by atoms with van der Waals surface area (Å²) in [6, 6.07) is 0.593. The Morgan fingerprint density at radius 1 is 1.31 bits per heavy atom. The molecule has 0 saturated heterocycles. The lowest BCUT2D eigenvalue weighted by Gasteiger charge is -2.07. The lowest BCUT2D eigenvalue weighted by atomic mass is 10.3. The van der Waals surface area contributed by atoms with E-state index in [1.54, 1.807) is 0 Å². The van der Waals surface area contributed by atoms with E-state index in [4.69, 9.17) is 4.74 Å². The van der Waals surface area contributed by atoms with Crippen LogP contribution >= 0.6 is 11.8 Å². The third-order valence-corrected chi connectivity index (χ3v) is 2.46. The third kappa shape index (κ3) is 12.3. The first kappa shape index (κ1) is 13.3. The van der Waals surface area contributed by atoms with Gasteiger partial charge in [0.25, 0.3) is 0 Å². The van der Waals surface area contributed by atoms with Gasteiger partial charge in [0.15, 0.2) is 0 Å². The molecule has 2 nitrogen and oxygen atoms in total. The highest BCUT2D eigenvalue weighted by atomic mass is 32.2. The second-order valence-electron chi connectivity index (χ2n) is 3.27. The fourth-order valence-electron chi connectivity index (χ4n) is 0.929. The van der Waals surface area contributed by atoms with E-state index in [1.807, 2.05) is 11.8 Å². The normalized spacial score (nSPS) is 11.1. The monoisotopic (exact) mass is 205 g/mol. The minimum absolute atomic E-state index is 0.593. The smallest absolute Gasteiger partial charge is 0.0556 e. The number of hydrogen-bond acceptors (Lipinski definition) is 3. The van der Waals surface area contributed by atoms with Crippen LogP contribution in [0.2, 0.25) is 0 Å². The van der Waals surface area contributed by atoms with E-state index < -0.39 is 0 Å². The molecule has 0 aliphatic carbocycles. The molecule has 0 heterocycles. The molecule has 0 aromatic rings. The van der Waals surface area contributed by atoms with Crippen molar-refractivity contribution in [2.24, 2.45) is 0 Å². The van der Waals surface area contributed by atoms with Crippen molar-refractivity contribution in [3.8, 4) is 0 Å². The van der Waals surface area contributed by atoms with Crippen molar-refractivity contribution < 1.29 is 4.74 Å². The van der Waals surface area contributed by atoms with Crippen molar-refractivity contribution in [2.75, 3.05) is 31.3 Å². The van der Waals surface area contributed by atoms with Crippen molar-refractivity contribution in [2.45, 2.75) is 33.2 Å². The first-order valence-electron chi connectivity index (χ1n) is 5.16. The van der Waals surface area contributed by atoms with Crippen LogP contribution in [-0.2, 0) is 4.74 Å². The molecule has 0 spiro atoms. The lowest BCUT2D eigenvalue weighted by Crippen LogP contribution is -2.24. The van der Waals surface area contributed by atoms with Crippen molar-refractivity contribution >= 4 is 11.8 Å². The van der Waals surface area contributed by atoms with Crippen molar-refractivity contribution in [3.63, 3.8) is 0 Å². The maximum Gasteiger partial charge on any atom is 0.0556 e. The Morgan fingerprint density at radius 2 is 2.08 bits per heavy atom. The Bertz CT molecular complexity index is 98.9. The number of rotatable bonds is 9. The maximum absolute atomic E-state index is 5.46. The standard InChI is InChI=1S/C10H23NOS/c1-4-13-9-8-12-7-5-6-11-10(2)3/h10-11H,4-9H2,1-3H3. The minimum atomic E-state index is 0.593. The molecule has 0 aromatic carbocycles. The molecule has 13 heavy (non-hydrogen) atoms. The van der Waals surface area contributed by atoms with E-state index in [0.717, 1.165) is 31.9 Å². The molecule has 0 amide bonds. The molecule has 0 atom stereocenters. The van der Waals surface area contributed by atoms with Crippen LogP contribution in [-0.4, -0.2) is 37.3 Å². The summed E-state index contributed by atoms with van der Waals surface area (Å²) in [5.74, 6) is 2.33. The van der Waals surface area contributed by atoms with E-state index in [2.05, 4.69) is 26.1 Å². The van der Waals surface area contributed by atoms with E-state index >= 15 is 0 Å². The predicted octanol–water partition coefficient (Wildman–Crippen LogP) is 2.14. The molecule has 3 heteroatoms. The number of ether oxygens (including phenoxy) is 1. The summed E-state index contributed by atoms with van der Waals surface area (Å²) in [6.45, 7) is 9.37. The average molecular weight is 205 g/mol. The Hall–Kier alpha value is 0.270. The van der Waals surface area contributed by atoms with Gasteiger partial charge in [-0.3, -0.25) is 0 Å². The van der Waals surface area contributed by atoms with Gasteiger partial charge in [-0.2, -0.15) is 11.8 Å². The Morgan fingerprint density at radius 3 is 2.69 bits per heavy atom. The first-order chi connectivity index (χ1) is 6.27. The van der Waals surface area contributed by atoms with Crippen LogP contribution in [0.15, 0.2) is 0 Å². The van der Waals surface area contributed by atoms with Gasteiger partial charge in [-0.05, 0) is 18.7 Å². The fraction of sp³-hybridized carbons (Fsp3) is 1.00. The van der Waals surface area contributed by atoms with Crippen molar-refractivity contribution in [1.29, 1.82) is 0 Å². The Labute approximate surface area is 86.8 Å². The molecule has 0 rings (SSSR count).